The van der Waals surface area contributed by atoms with E-state index in [1.807, 2.05) is 11.0 Å². The maximum absolute atomic E-state index is 13.5. The van der Waals surface area contributed by atoms with Crippen LogP contribution in [0.15, 0.2) is 18.2 Å². The summed E-state index contributed by atoms with van der Waals surface area (Å²) in [5, 5.41) is 0. The minimum absolute atomic E-state index is 0.0107. The molecule has 1 unspecified atom stereocenters. The Kier molecular flexibility index (Phi) is 6.03. The first-order valence-corrected chi connectivity index (χ1v) is 11.9. The van der Waals surface area contributed by atoms with Crippen molar-refractivity contribution in [2.24, 2.45) is 5.92 Å². The number of rotatable bonds is 4. The van der Waals surface area contributed by atoms with Crippen molar-refractivity contribution in [3.8, 4) is 11.5 Å². The molecule has 0 bridgehead atoms. The SMILES string of the molecule is O=C(c1ccc2c(c1)OCO2)N1CCN(C(C(=O)N2CCCCC2)C2CCCC2)CC1. The van der Waals surface area contributed by atoms with Gasteiger partial charge in [0.25, 0.3) is 5.91 Å². The van der Waals surface area contributed by atoms with Crippen LogP contribution in [-0.2, 0) is 4.79 Å². The normalized spacial score (nSPS) is 23.2. The second-order valence-corrected chi connectivity index (χ2v) is 9.27. The smallest absolute Gasteiger partial charge is 0.254 e. The van der Waals surface area contributed by atoms with Crippen LogP contribution in [0.4, 0.5) is 0 Å². The Morgan fingerprint density at radius 3 is 2.26 bits per heavy atom. The molecule has 3 heterocycles. The Bertz CT molecular complexity index is 809. The second kappa shape index (κ2) is 9.07. The van der Waals surface area contributed by atoms with Gasteiger partial charge in [0.15, 0.2) is 11.5 Å². The number of fused-ring (bicyclic) bond motifs is 1. The van der Waals surface area contributed by atoms with Crippen molar-refractivity contribution in [1.82, 2.24) is 14.7 Å². The molecule has 0 aromatic heterocycles. The van der Waals surface area contributed by atoms with Gasteiger partial charge in [0.05, 0.1) is 6.04 Å². The maximum atomic E-state index is 13.5. The Labute approximate surface area is 184 Å². The third kappa shape index (κ3) is 4.25. The highest BCUT2D eigenvalue weighted by Gasteiger charge is 2.39. The van der Waals surface area contributed by atoms with E-state index in [1.54, 1.807) is 12.1 Å². The van der Waals surface area contributed by atoms with E-state index >= 15 is 0 Å². The predicted octanol–water partition coefficient (Wildman–Crippen LogP) is 2.74. The Morgan fingerprint density at radius 2 is 1.52 bits per heavy atom. The molecule has 2 amide bonds. The largest absolute Gasteiger partial charge is 0.454 e. The lowest BCUT2D eigenvalue weighted by Crippen LogP contribution is -2.59. The zero-order valence-corrected chi connectivity index (χ0v) is 18.3. The second-order valence-electron chi connectivity index (χ2n) is 9.27. The number of hydrogen-bond acceptors (Lipinski definition) is 5. The highest BCUT2D eigenvalue weighted by atomic mass is 16.7. The Morgan fingerprint density at radius 1 is 0.806 bits per heavy atom. The van der Waals surface area contributed by atoms with E-state index in [0.717, 1.165) is 51.9 Å². The van der Waals surface area contributed by atoms with Crippen LogP contribution < -0.4 is 9.47 Å². The number of carbonyl (C=O) groups is 2. The van der Waals surface area contributed by atoms with Gasteiger partial charge >= 0.3 is 0 Å². The topological polar surface area (TPSA) is 62.3 Å². The van der Waals surface area contributed by atoms with Gasteiger partial charge in [-0.15, -0.1) is 0 Å². The van der Waals surface area contributed by atoms with E-state index in [1.165, 1.54) is 19.3 Å². The molecule has 1 atom stereocenters. The van der Waals surface area contributed by atoms with E-state index in [0.29, 0.717) is 42.0 Å². The first-order valence-electron chi connectivity index (χ1n) is 11.9. The number of benzene rings is 1. The maximum Gasteiger partial charge on any atom is 0.254 e. The third-order valence-corrected chi connectivity index (χ3v) is 7.38. The van der Waals surface area contributed by atoms with E-state index in [-0.39, 0.29) is 18.7 Å². The number of carbonyl (C=O) groups excluding carboxylic acids is 2. The summed E-state index contributed by atoms with van der Waals surface area (Å²) in [5.74, 6) is 2.15. The molecule has 3 aliphatic heterocycles. The van der Waals surface area contributed by atoms with Crippen LogP contribution in [0.1, 0.15) is 55.3 Å². The first-order chi connectivity index (χ1) is 15.2. The van der Waals surface area contributed by atoms with E-state index in [2.05, 4.69) is 9.80 Å². The van der Waals surface area contributed by atoms with Gasteiger partial charge in [0.2, 0.25) is 12.7 Å². The highest BCUT2D eigenvalue weighted by molar-refractivity contribution is 5.95. The first kappa shape index (κ1) is 20.6. The molecule has 31 heavy (non-hydrogen) atoms. The molecule has 1 saturated carbocycles. The van der Waals surface area contributed by atoms with Gasteiger partial charge in [-0.3, -0.25) is 14.5 Å². The van der Waals surface area contributed by atoms with Gasteiger partial charge in [0, 0.05) is 44.8 Å². The summed E-state index contributed by atoms with van der Waals surface area (Å²) in [6.45, 7) is 4.86. The summed E-state index contributed by atoms with van der Waals surface area (Å²) >= 11 is 0. The van der Waals surface area contributed by atoms with Crippen molar-refractivity contribution in [1.29, 1.82) is 0 Å². The number of ether oxygens (including phenoxy) is 2. The van der Waals surface area contributed by atoms with E-state index in [9.17, 15) is 9.59 Å². The molecule has 0 radical (unpaired) electrons. The molecular weight excluding hydrogens is 394 g/mol. The van der Waals surface area contributed by atoms with Gasteiger partial charge < -0.3 is 19.3 Å². The van der Waals surface area contributed by atoms with E-state index < -0.39 is 0 Å². The fraction of sp³-hybridized carbons (Fsp3) is 0.667. The van der Waals surface area contributed by atoms with Crippen molar-refractivity contribution in [2.75, 3.05) is 46.1 Å². The molecule has 2 saturated heterocycles. The monoisotopic (exact) mass is 427 g/mol. The molecule has 4 aliphatic rings. The molecule has 1 aromatic carbocycles. The van der Waals surface area contributed by atoms with Crippen LogP contribution in [0, 0.1) is 5.92 Å². The quantitative estimate of drug-likeness (QED) is 0.740. The summed E-state index contributed by atoms with van der Waals surface area (Å²) in [6.07, 6.45) is 8.26. The number of hydrogen-bond donors (Lipinski definition) is 0. The van der Waals surface area contributed by atoms with Crippen LogP contribution in [0.3, 0.4) is 0 Å². The molecule has 5 rings (SSSR count). The van der Waals surface area contributed by atoms with Gasteiger partial charge in [-0.05, 0) is 56.2 Å². The molecule has 0 spiro atoms. The summed E-state index contributed by atoms with van der Waals surface area (Å²) in [4.78, 5) is 32.9. The Balaban J connectivity index is 1.24. The highest BCUT2D eigenvalue weighted by Crippen LogP contribution is 2.34. The van der Waals surface area contributed by atoms with Gasteiger partial charge in [-0.25, -0.2) is 0 Å². The lowest BCUT2D eigenvalue weighted by atomic mass is 9.93. The molecular formula is C24H33N3O4. The summed E-state index contributed by atoms with van der Waals surface area (Å²) < 4.78 is 10.8. The average molecular weight is 428 g/mol. The van der Waals surface area contributed by atoms with Crippen LogP contribution in [-0.4, -0.2) is 78.6 Å². The van der Waals surface area contributed by atoms with Gasteiger partial charge in [-0.2, -0.15) is 0 Å². The lowest BCUT2D eigenvalue weighted by molar-refractivity contribution is -0.140. The standard InChI is InChI=1S/C24H33N3O4/c28-23(19-8-9-20-21(16-19)31-17-30-20)27-14-12-25(13-15-27)22(18-6-2-3-7-18)24(29)26-10-4-1-5-11-26/h8-9,16,18,22H,1-7,10-15,17H2. The molecule has 0 N–H and O–H groups in total. The molecule has 1 aromatic rings. The molecule has 7 nitrogen and oxygen atoms in total. The molecule has 1 aliphatic carbocycles. The van der Waals surface area contributed by atoms with Crippen molar-refractivity contribution >= 4 is 11.8 Å². The van der Waals surface area contributed by atoms with Crippen LogP contribution in [0.5, 0.6) is 11.5 Å². The number of amides is 2. The Hall–Kier alpha value is -2.28. The zero-order valence-electron chi connectivity index (χ0n) is 18.3. The fourth-order valence-electron chi connectivity index (χ4n) is 5.65. The molecule has 3 fully saturated rings. The van der Waals surface area contributed by atoms with Crippen molar-refractivity contribution in [2.45, 2.75) is 51.0 Å². The van der Waals surface area contributed by atoms with Crippen LogP contribution >= 0.6 is 0 Å². The van der Waals surface area contributed by atoms with Gasteiger partial charge in [0.1, 0.15) is 0 Å². The minimum atomic E-state index is -0.0107. The summed E-state index contributed by atoms with van der Waals surface area (Å²) in [6, 6.07) is 5.38. The van der Waals surface area contributed by atoms with Crippen molar-refractivity contribution in [3.05, 3.63) is 23.8 Å². The summed E-state index contributed by atoms with van der Waals surface area (Å²) in [5.41, 5.74) is 0.634. The number of piperidine rings is 1. The van der Waals surface area contributed by atoms with Crippen LogP contribution in [0.2, 0.25) is 0 Å². The zero-order chi connectivity index (χ0) is 21.2. The van der Waals surface area contributed by atoms with E-state index in [4.69, 9.17) is 9.47 Å². The average Bonchev–Trinajstić information content (AvgIpc) is 3.51. The summed E-state index contributed by atoms with van der Waals surface area (Å²) in [7, 11) is 0. The number of likely N-dealkylation sites (tertiary alicyclic amines) is 1. The van der Waals surface area contributed by atoms with Gasteiger partial charge in [-0.1, -0.05) is 12.8 Å². The predicted molar refractivity (Wildman–Crippen MR) is 116 cm³/mol. The number of nitrogens with zero attached hydrogens (tertiary/aromatic N) is 3. The minimum Gasteiger partial charge on any atom is -0.454 e. The van der Waals surface area contributed by atoms with Crippen LogP contribution in [0.25, 0.3) is 0 Å². The fourth-order valence-corrected chi connectivity index (χ4v) is 5.65. The number of piperazine rings is 1. The van der Waals surface area contributed by atoms with Crippen molar-refractivity contribution in [3.63, 3.8) is 0 Å². The lowest BCUT2D eigenvalue weighted by Gasteiger charge is -2.43. The molecule has 7 heteroatoms. The third-order valence-electron chi connectivity index (χ3n) is 7.38. The molecule has 168 valence electrons. The van der Waals surface area contributed by atoms with Crippen molar-refractivity contribution < 1.29 is 19.1 Å².